The van der Waals surface area contributed by atoms with Crippen molar-refractivity contribution in [1.29, 1.82) is 0 Å². The standard InChI is InChI=1S/C15H19N3O3/c1-20-15(7-3-2-4-8-15)14-17-13(21-18-14)11-6-5-10(16)9-12(11)19/h5-6,9,19H,2-4,7-8,16H2,1H3. The minimum Gasteiger partial charge on any atom is -0.507 e. The average Bonchev–Trinajstić information content (AvgIpc) is 2.98. The summed E-state index contributed by atoms with van der Waals surface area (Å²) in [6.07, 6.45) is 5.15. The molecule has 0 radical (unpaired) electrons. The first-order chi connectivity index (χ1) is 10.1. The van der Waals surface area contributed by atoms with Crippen LogP contribution < -0.4 is 5.73 Å². The van der Waals surface area contributed by atoms with Gasteiger partial charge in [0.1, 0.15) is 11.4 Å². The lowest BCUT2D eigenvalue weighted by molar-refractivity contribution is -0.0527. The van der Waals surface area contributed by atoms with E-state index in [0.717, 1.165) is 25.7 Å². The van der Waals surface area contributed by atoms with Crippen molar-refractivity contribution in [3.05, 3.63) is 24.0 Å². The third-order valence-electron chi connectivity index (χ3n) is 4.14. The number of aromatic hydroxyl groups is 1. The van der Waals surface area contributed by atoms with Crippen molar-refractivity contribution in [3.63, 3.8) is 0 Å². The van der Waals surface area contributed by atoms with Gasteiger partial charge in [0, 0.05) is 18.9 Å². The molecule has 0 unspecified atom stereocenters. The van der Waals surface area contributed by atoms with Crippen LogP contribution in [0.2, 0.25) is 0 Å². The molecule has 21 heavy (non-hydrogen) atoms. The van der Waals surface area contributed by atoms with E-state index in [4.69, 9.17) is 15.0 Å². The van der Waals surface area contributed by atoms with Gasteiger partial charge in [-0.2, -0.15) is 4.98 Å². The quantitative estimate of drug-likeness (QED) is 0.844. The molecular weight excluding hydrogens is 270 g/mol. The SMILES string of the molecule is COC1(c2noc(-c3ccc(N)cc3O)n2)CCCCC1. The number of anilines is 1. The molecule has 0 bridgehead atoms. The summed E-state index contributed by atoms with van der Waals surface area (Å²) in [4.78, 5) is 4.43. The van der Waals surface area contributed by atoms with Crippen LogP contribution in [0.5, 0.6) is 5.75 Å². The molecule has 1 heterocycles. The van der Waals surface area contributed by atoms with Crippen LogP contribution in [0.3, 0.4) is 0 Å². The molecule has 0 amide bonds. The molecule has 1 fully saturated rings. The zero-order chi connectivity index (χ0) is 14.9. The van der Waals surface area contributed by atoms with E-state index in [9.17, 15) is 5.11 Å². The van der Waals surface area contributed by atoms with Crippen LogP contribution in [0.15, 0.2) is 22.7 Å². The van der Waals surface area contributed by atoms with Crippen LogP contribution in [0.25, 0.3) is 11.5 Å². The van der Waals surface area contributed by atoms with Gasteiger partial charge in [-0.25, -0.2) is 0 Å². The van der Waals surface area contributed by atoms with Crippen LogP contribution in [0.1, 0.15) is 37.9 Å². The van der Waals surface area contributed by atoms with Crippen LogP contribution >= 0.6 is 0 Å². The number of nitrogen functional groups attached to an aromatic ring is 1. The summed E-state index contributed by atoms with van der Waals surface area (Å²) in [5.74, 6) is 0.862. The van der Waals surface area contributed by atoms with Crippen molar-refractivity contribution in [1.82, 2.24) is 10.1 Å². The van der Waals surface area contributed by atoms with E-state index in [1.807, 2.05) is 0 Å². The second-order valence-electron chi connectivity index (χ2n) is 5.46. The van der Waals surface area contributed by atoms with Crippen molar-refractivity contribution >= 4 is 5.69 Å². The largest absolute Gasteiger partial charge is 0.507 e. The molecule has 1 aromatic heterocycles. The minimum absolute atomic E-state index is 0.0281. The molecule has 6 heteroatoms. The van der Waals surface area contributed by atoms with Gasteiger partial charge < -0.3 is 20.1 Å². The highest BCUT2D eigenvalue weighted by Crippen LogP contribution is 2.39. The number of nitrogens with two attached hydrogens (primary N) is 1. The Balaban J connectivity index is 1.95. The Morgan fingerprint density at radius 2 is 2.05 bits per heavy atom. The molecule has 0 spiro atoms. The van der Waals surface area contributed by atoms with E-state index >= 15 is 0 Å². The van der Waals surface area contributed by atoms with Gasteiger partial charge in [-0.15, -0.1) is 0 Å². The minimum atomic E-state index is -0.469. The monoisotopic (exact) mass is 289 g/mol. The number of nitrogens with zero attached hydrogens (tertiary/aromatic N) is 2. The zero-order valence-corrected chi connectivity index (χ0v) is 12.0. The molecule has 1 aromatic carbocycles. The average molecular weight is 289 g/mol. The first-order valence-electron chi connectivity index (χ1n) is 7.13. The lowest BCUT2D eigenvalue weighted by Crippen LogP contribution is -2.32. The first kappa shape index (κ1) is 13.9. The molecule has 0 saturated heterocycles. The summed E-state index contributed by atoms with van der Waals surface area (Å²) in [6.45, 7) is 0. The smallest absolute Gasteiger partial charge is 0.261 e. The van der Waals surface area contributed by atoms with Crippen LogP contribution in [-0.4, -0.2) is 22.4 Å². The fraction of sp³-hybridized carbons (Fsp3) is 0.467. The van der Waals surface area contributed by atoms with Gasteiger partial charge in [0.25, 0.3) is 5.89 Å². The highest BCUT2D eigenvalue weighted by atomic mass is 16.5. The molecule has 1 aliphatic rings. The van der Waals surface area contributed by atoms with Crippen molar-refractivity contribution in [2.75, 3.05) is 12.8 Å². The van der Waals surface area contributed by atoms with Gasteiger partial charge in [0.2, 0.25) is 5.82 Å². The summed E-state index contributed by atoms with van der Waals surface area (Å²) < 4.78 is 11.0. The number of methoxy groups -OCH3 is 1. The molecule has 0 atom stereocenters. The molecule has 0 aliphatic heterocycles. The third-order valence-corrected chi connectivity index (χ3v) is 4.14. The lowest BCUT2D eigenvalue weighted by atomic mass is 9.84. The number of ether oxygens (including phenoxy) is 1. The normalized spacial score (nSPS) is 17.8. The number of aromatic nitrogens is 2. The summed E-state index contributed by atoms with van der Waals surface area (Å²) >= 11 is 0. The predicted octanol–water partition coefficient (Wildman–Crippen LogP) is 2.83. The van der Waals surface area contributed by atoms with Gasteiger partial charge >= 0.3 is 0 Å². The maximum Gasteiger partial charge on any atom is 0.261 e. The Hall–Kier alpha value is -2.08. The Labute approximate surface area is 122 Å². The second-order valence-corrected chi connectivity index (χ2v) is 5.46. The number of phenolic OH excluding ortho intramolecular Hbond substituents is 1. The van der Waals surface area contributed by atoms with E-state index in [1.54, 1.807) is 19.2 Å². The first-order valence-corrected chi connectivity index (χ1v) is 7.13. The maximum absolute atomic E-state index is 9.95. The number of hydrogen-bond acceptors (Lipinski definition) is 6. The zero-order valence-electron chi connectivity index (χ0n) is 12.0. The van der Waals surface area contributed by atoms with Crippen molar-refractivity contribution in [2.45, 2.75) is 37.7 Å². The molecular formula is C15H19N3O3. The fourth-order valence-electron chi connectivity index (χ4n) is 2.89. The summed E-state index contributed by atoms with van der Waals surface area (Å²) in [7, 11) is 1.68. The summed E-state index contributed by atoms with van der Waals surface area (Å²) in [5.41, 5.74) is 6.11. The summed E-state index contributed by atoms with van der Waals surface area (Å²) in [5, 5.41) is 14.0. The number of benzene rings is 1. The van der Waals surface area contributed by atoms with Gasteiger partial charge in [0.05, 0.1) is 5.56 Å². The Bertz CT molecular complexity index is 633. The van der Waals surface area contributed by atoms with E-state index in [2.05, 4.69) is 10.1 Å². The van der Waals surface area contributed by atoms with Gasteiger partial charge in [-0.05, 0) is 25.0 Å². The molecule has 1 saturated carbocycles. The Morgan fingerprint density at radius 1 is 1.29 bits per heavy atom. The Kier molecular flexibility index (Phi) is 3.55. The van der Waals surface area contributed by atoms with Crippen LogP contribution in [0, 0.1) is 0 Å². The highest BCUT2D eigenvalue weighted by Gasteiger charge is 2.38. The van der Waals surface area contributed by atoms with E-state index in [-0.39, 0.29) is 11.6 Å². The van der Waals surface area contributed by atoms with Crippen molar-refractivity contribution in [3.8, 4) is 17.2 Å². The number of hydrogen-bond donors (Lipinski definition) is 2. The molecule has 6 nitrogen and oxygen atoms in total. The Morgan fingerprint density at radius 3 is 2.71 bits per heavy atom. The maximum atomic E-state index is 9.95. The van der Waals surface area contributed by atoms with Gasteiger partial charge in [-0.3, -0.25) is 0 Å². The lowest BCUT2D eigenvalue weighted by Gasteiger charge is -2.32. The number of phenols is 1. The van der Waals surface area contributed by atoms with Crippen molar-refractivity contribution in [2.24, 2.45) is 0 Å². The second kappa shape index (κ2) is 5.37. The molecule has 3 rings (SSSR count). The van der Waals surface area contributed by atoms with Gasteiger partial charge in [0.15, 0.2) is 0 Å². The van der Waals surface area contributed by atoms with E-state index < -0.39 is 5.60 Å². The highest BCUT2D eigenvalue weighted by molar-refractivity contribution is 5.66. The molecule has 2 aromatic rings. The fourth-order valence-corrected chi connectivity index (χ4v) is 2.89. The van der Waals surface area contributed by atoms with E-state index in [1.165, 1.54) is 12.5 Å². The van der Waals surface area contributed by atoms with Crippen LogP contribution in [0.4, 0.5) is 5.69 Å². The van der Waals surface area contributed by atoms with Crippen LogP contribution in [-0.2, 0) is 10.3 Å². The predicted molar refractivity (Wildman–Crippen MR) is 77.6 cm³/mol. The van der Waals surface area contributed by atoms with E-state index in [0.29, 0.717) is 17.1 Å². The third kappa shape index (κ3) is 2.47. The van der Waals surface area contributed by atoms with Gasteiger partial charge in [-0.1, -0.05) is 24.4 Å². The molecule has 3 N–H and O–H groups in total. The topological polar surface area (TPSA) is 94.4 Å². The number of rotatable bonds is 3. The molecule has 1 aliphatic carbocycles. The van der Waals surface area contributed by atoms with Crippen molar-refractivity contribution < 1.29 is 14.4 Å². The molecule has 112 valence electrons. The summed E-state index contributed by atoms with van der Waals surface area (Å²) in [6, 6.07) is 4.82.